The lowest BCUT2D eigenvalue weighted by Crippen LogP contribution is -2.42. The quantitative estimate of drug-likeness (QED) is 0.541. The Morgan fingerprint density at radius 2 is 1.76 bits per heavy atom. The highest BCUT2D eigenvalue weighted by molar-refractivity contribution is 7.89. The fraction of sp³-hybridized carbons (Fsp3) is 0.240. The molecule has 0 fully saturated rings. The van der Waals surface area contributed by atoms with Gasteiger partial charge in [-0.2, -0.15) is 4.31 Å². The van der Waals surface area contributed by atoms with Gasteiger partial charge in [-0.25, -0.2) is 8.42 Å². The molecule has 0 radical (unpaired) electrons. The molecule has 3 aromatic carbocycles. The topological polar surface area (TPSA) is 75.7 Å². The molecule has 3 aromatic rings. The first-order chi connectivity index (χ1) is 15.9. The van der Waals surface area contributed by atoms with E-state index >= 15 is 0 Å². The lowest BCUT2D eigenvalue weighted by molar-refractivity contribution is -0.122. The first kappa shape index (κ1) is 23.3. The van der Waals surface area contributed by atoms with Crippen LogP contribution in [0.5, 0.6) is 5.75 Å². The Kier molecular flexibility index (Phi) is 7.02. The fourth-order valence-electron chi connectivity index (χ4n) is 4.06. The average Bonchev–Trinajstić information content (AvgIpc) is 2.83. The normalized spacial score (nSPS) is 16.1. The second kappa shape index (κ2) is 9.95. The Labute approximate surface area is 199 Å². The highest BCUT2D eigenvalue weighted by Crippen LogP contribution is 2.36. The van der Waals surface area contributed by atoms with E-state index in [9.17, 15) is 13.2 Å². The van der Waals surface area contributed by atoms with Crippen LogP contribution in [-0.4, -0.2) is 32.3 Å². The molecular formula is C25H25ClN2O4S. The Morgan fingerprint density at radius 3 is 2.45 bits per heavy atom. The van der Waals surface area contributed by atoms with Crippen molar-refractivity contribution >= 4 is 27.5 Å². The molecule has 8 heteroatoms. The van der Waals surface area contributed by atoms with Gasteiger partial charge in [0.15, 0.2) is 0 Å². The number of ether oxygens (including phenoxy) is 1. The third-order valence-corrected chi connectivity index (χ3v) is 7.99. The number of carbonyl (C=O) groups is 1. The molecule has 1 heterocycles. The molecule has 1 N–H and O–H groups in total. The maximum Gasteiger partial charge on any atom is 0.243 e. The van der Waals surface area contributed by atoms with Gasteiger partial charge in [0, 0.05) is 24.5 Å². The summed E-state index contributed by atoms with van der Waals surface area (Å²) in [6, 6.07) is 20.7. The van der Waals surface area contributed by atoms with Gasteiger partial charge < -0.3 is 10.1 Å². The maximum atomic E-state index is 13.5. The van der Waals surface area contributed by atoms with Crippen molar-refractivity contribution in [3.8, 4) is 5.75 Å². The van der Waals surface area contributed by atoms with Crippen molar-refractivity contribution in [2.45, 2.75) is 30.3 Å². The van der Waals surface area contributed by atoms with Gasteiger partial charge in [-0.05, 0) is 59.5 Å². The number of halogens is 1. The molecule has 0 bridgehead atoms. The van der Waals surface area contributed by atoms with Crippen LogP contribution in [0.1, 0.15) is 29.2 Å². The Balaban J connectivity index is 1.56. The number of methoxy groups -OCH3 is 1. The lowest BCUT2D eigenvalue weighted by atomic mass is 9.92. The molecule has 4 rings (SSSR count). The Bertz CT molecular complexity index is 1230. The number of benzene rings is 3. The second-order valence-electron chi connectivity index (χ2n) is 7.86. The van der Waals surface area contributed by atoms with Crippen molar-refractivity contribution in [3.63, 3.8) is 0 Å². The van der Waals surface area contributed by atoms with E-state index in [0.29, 0.717) is 24.5 Å². The van der Waals surface area contributed by atoms with Crippen molar-refractivity contribution in [3.05, 3.63) is 94.5 Å². The molecule has 172 valence electrons. The van der Waals surface area contributed by atoms with Crippen molar-refractivity contribution < 1.29 is 17.9 Å². The zero-order chi connectivity index (χ0) is 23.4. The van der Waals surface area contributed by atoms with E-state index in [1.807, 2.05) is 48.5 Å². The molecule has 1 amide bonds. The number of rotatable bonds is 7. The van der Waals surface area contributed by atoms with Crippen LogP contribution in [0.4, 0.5) is 0 Å². The molecule has 33 heavy (non-hydrogen) atoms. The average molecular weight is 485 g/mol. The van der Waals surface area contributed by atoms with Crippen LogP contribution in [0.3, 0.4) is 0 Å². The van der Waals surface area contributed by atoms with Crippen LogP contribution in [0.15, 0.2) is 77.7 Å². The van der Waals surface area contributed by atoms with Crippen molar-refractivity contribution in [2.24, 2.45) is 0 Å². The Morgan fingerprint density at radius 1 is 1.06 bits per heavy atom. The van der Waals surface area contributed by atoms with Crippen LogP contribution in [-0.2, 0) is 27.8 Å². The van der Waals surface area contributed by atoms with Gasteiger partial charge in [-0.15, -0.1) is 0 Å². The van der Waals surface area contributed by atoms with Gasteiger partial charge in [-0.3, -0.25) is 4.79 Å². The summed E-state index contributed by atoms with van der Waals surface area (Å²) in [5.74, 6) is 0.524. The number of sulfonamides is 1. The highest BCUT2D eigenvalue weighted by atomic mass is 35.5. The van der Waals surface area contributed by atoms with Crippen LogP contribution in [0, 0.1) is 0 Å². The van der Waals surface area contributed by atoms with Crippen molar-refractivity contribution in [1.29, 1.82) is 0 Å². The molecule has 0 unspecified atom stereocenters. The highest BCUT2D eigenvalue weighted by Gasteiger charge is 2.37. The molecule has 0 saturated carbocycles. The predicted octanol–water partition coefficient (Wildman–Crippen LogP) is 4.34. The van der Waals surface area contributed by atoms with Gasteiger partial charge in [0.05, 0.1) is 18.0 Å². The second-order valence-corrected chi connectivity index (χ2v) is 10.2. The molecule has 0 aromatic heterocycles. The molecule has 0 aliphatic carbocycles. The molecule has 1 aliphatic heterocycles. The smallest absolute Gasteiger partial charge is 0.243 e. The minimum atomic E-state index is -3.81. The number of carbonyl (C=O) groups excluding carboxylic acids is 1. The first-order valence-corrected chi connectivity index (χ1v) is 12.4. The number of hydrogen-bond acceptors (Lipinski definition) is 4. The number of hydrogen-bond donors (Lipinski definition) is 1. The van der Waals surface area contributed by atoms with Crippen LogP contribution in [0.2, 0.25) is 5.02 Å². The van der Waals surface area contributed by atoms with Crippen LogP contribution < -0.4 is 10.1 Å². The van der Waals surface area contributed by atoms with E-state index in [2.05, 4.69) is 5.32 Å². The summed E-state index contributed by atoms with van der Waals surface area (Å²) in [5, 5.41) is 3.38. The SMILES string of the molecule is COc1ccc(CNC(=O)C[C@H]2c3ccccc3CCN2S(=O)(=O)c2ccc(Cl)cc2)cc1. The summed E-state index contributed by atoms with van der Waals surface area (Å²) in [6.07, 6.45) is 0.618. The third kappa shape index (κ3) is 5.21. The molecule has 6 nitrogen and oxygen atoms in total. The van der Waals surface area contributed by atoms with Gasteiger partial charge in [-0.1, -0.05) is 48.0 Å². The summed E-state index contributed by atoms with van der Waals surface area (Å²) >= 11 is 5.95. The molecule has 0 spiro atoms. The summed E-state index contributed by atoms with van der Waals surface area (Å²) in [4.78, 5) is 13.1. The fourth-order valence-corrected chi connectivity index (χ4v) is 5.79. The van der Waals surface area contributed by atoms with Gasteiger partial charge in [0.1, 0.15) is 5.75 Å². The Hall–Kier alpha value is -2.87. The zero-order valence-corrected chi connectivity index (χ0v) is 19.8. The zero-order valence-electron chi connectivity index (χ0n) is 18.2. The number of fused-ring (bicyclic) bond motifs is 1. The predicted molar refractivity (Wildman–Crippen MR) is 128 cm³/mol. The van der Waals surface area contributed by atoms with E-state index in [-0.39, 0.29) is 17.2 Å². The van der Waals surface area contributed by atoms with Crippen LogP contribution in [0.25, 0.3) is 0 Å². The number of nitrogens with zero attached hydrogens (tertiary/aromatic N) is 1. The lowest BCUT2D eigenvalue weighted by Gasteiger charge is -2.36. The summed E-state index contributed by atoms with van der Waals surface area (Å²) in [7, 11) is -2.21. The summed E-state index contributed by atoms with van der Waals surface area (Å²) in [5.41, 5.74) is 2.85. The molecule has 1 atom stereocenters. The van der Waals surface area contributed by atoms with Crippen molar-refractivity contribution in [2.75, 3.05) is 13.7 Å². The van der Waals surface area contributed by atoms with Gasteiger partial charge >= 0.3 is 0 Å². The van der Waals surface area contributed by atoms with E-state index in [1.54, 1.807) is 19.2 Å². The van der Waals surface area contributed by atoms with Gasteiger partial charge in [0.25, 0.3) is 0 Å². The molecular weight excluding hydrogens is 460 g/mol. The van der Waals surface area contributed by atoms with E-state index in [1.165, 1.54) is 16.4 Å². The standard InChI is InChI=1S/C25H25ClN2O4S/c1-32-21-10-6-18(7-11-21)17-27-25(29)16-24-23-5-3-2-4-19(23)14-15-28(24)33(30,31)22-12-8-20(26)9-13-22/h2-13,24H,14-17H2,1H3,(H,27,29)/t24-/m0/s1. The summed E-state index contributed by atoms with van der Waals surface area (Å²) in [6.45, 7) is 0.652. The van der Waals surface area contributed by atoms with Gasteiger partial charge in [0.2, 0.25) is 15.9 Å². The monoisotopic (exact) mass is 484 g/mol. The molecule has 1 aliphatic rings. The van der Waals surface area contributed by atoms with E-state index < -0.39 is 16.1 Å². The third-order valence-electron chi connectivity index (χ3n) is 5.81. The summed E-state index contributed by atoms with van der Waals surface area (Å²) < 4.78 is 33.6. The number of amides is 1. The van der Waals surface area contributed by atoms with Crippen LogP contribution >= 0.6 is 11.6 Å². The maximum absolute atomic E-state index is 13.5. The number of nitrogens with one attached hydrogen (secondary N) is 1. The largest absolute Gasteiger partial charge is 0.497 e. The molecule has 0 saturated heterocycles. The van der Waals surface area contributed by atoms with Crippen molar-refractivity contribution in [1.82, 2.24) is 9.62 Å². The minimum absolute atomic E-state index is 0.0278. The minimum Gasteiger partial charge on any atom is -0.497 e. The van der Waals surface area contributed by atoms with E-state index in [4.69, 9.17) is 16.3 Å². The van der Waals surface area contributed by atoms with E-state index in [0.717, 1.165) is 22.4 Å². The first-order valence-electron chi connectivity index (χ1n) is 10.6.